The number of nitrogens with one attached hydrogen (secondary N) is 1. The second kappa shape index (κ2) is 6.51. The van der Waals surface area contributed by atoms with E-state index in [0.29, 0.717) is 19.6 Å². The molecule has 0 spiro atoms. The summed E-state index contributed by atoms with van der Waals surface area (Å²) in [6, 6.07) is 0. The highest BCUT2D eigenvalue weighted by Gasteiger charge is 2.16. The summed E-state index contributed by atoms with van der Waals surface area (Å²) < 4.78 is 1.69. The van der Waals surface area contributed by atoms with Crippen molar-refractivity contribution in [2.45, 2.75) is 25.9 Å². The van der Waals surface area contributed by atoms with E-state index in [2.05, 4.69) is 10.4 Å². The Morgan fingerprint density at radius 1 is 1.44 bits per heavy atom. The molecule has 0 radical (unpaired) electrons. The molecule has 1 fully saturated rings. The molecule has 2 heterocycles. The van der Waals surface area contributed by atoms with E-state index in [4.69, 9.17) is 5.11 Å². The number of aliphatic hydroxyl groups excluding tert-OH is 1. The Hall–Kier alpha value is -1.40. The summed E-state index contributed by atoms with van der Waals surface area (Å²) in [5.74, 6) is 0.176. The van der Waals surface area contributed by atoms with Gasteiger partial charge in [-0.2, -0.15) is 5.10 Å². The van der Waals surface area contributed by atoms with Crippen LogP contribution in [-0.2, 0) is 17.9 Å². The van der Waals surface area contributed by atoms with Crippen molar-refractivity contribution in [1.82, 2.24) is 20.0 Å². The summed E-state index contributed by atoms with van der Waals surface area (Å²) in [6.45, 7) is 3.40. The SMILES string of the molecule is O=C(CNCc1cnn(CCO)c1)N1CCCC1. The average molecular weight is 252 g/mol. The van der Waals surface area contributed by atoms with Gasteiger partial charge in [-0.05, 0) is 12.8 Å². The fraction of sp³-hybridized carbons (Fsp3) is 0.667. The van der Waals surface area contributed by atoms with E-state index in [1.165, 1.54) is 0 Å². The van der Waals surface area contributed by atoms with Crippen molar-refractivity contribution >= 4 is 5.91 Å². The third-order valence-corrected chi connectivity index (χ3v) is 3.08. The monoisotopic (exact) mass is 252 g/mol. The van der Waals surface area contributed by atoms with Crippen LogP contribution < -0.4 is 5.32 Å². The molecule has 1 aliphatic heterocycles. The summed E-state index contributed by atoms with van der Waals surface area (Å²) in [4.78, 5) is 13.7. The van der Waals surface area contributed by atoms with E-state index in [-0.39, 0.29) is 12.5 Å². The Balaban J connectivity index is 1.69. The first-order valence-electron chi connectivity index (χ1n) is 6.40. The van der Waals surface area contributed by atoms with Crippen LogP contribution in [0, 0.1) is 0 Å². The van der Waals surface area contributed by atoms with Gasteiger partial charge in [0.15, 0.2) is 0 Å². The number of rotatable bonds is 6. The largest absolute Gasteiger partial charge is 0.394 e. The molecule has 0 unspecified atom stereocenters. The number of aliphatic hydroxyl groups is 1. The highest BCUT2D eigenvalue weighted by molar-refractivity contribution is 5.78. The molecule has 0 bridgehead atoms. The average Bonchev–Trinajstić information content (AvgIpc) is 3.00. The lowest BCUT2D eigenvalue weighted by Gasteiger charge is -2.15. The fourth-order valence-corrected chi connectivity index (χ4v) is 2.11. The molecule has 1 saturated heterocycles. The van der Waals surface area contributed by atoms with Gasteiger partial charge in [-0.25, -0.2) is 0 Å². The van der Waals surface area contributed by atoms with E-state index >= 15 is 0 Å². The van der Waals surface area contributed by atoms with E-state index in [9.17, 15) is 4.79 Å². The van der Waals surface area contributed by atoms with Gasteiger partial charge in [0.05, 0.1) is 25.9 Å². The number of carbonyl (C=O) groups is 1. The first-order chi connectivity index (χ1) is 8.79. The number of aromatic nitrogens is 2. The Morgan fingerprint density at radius 3 is 2.94 bits per heavy atom. The van der Waals surface area contributed by atoms with E-state index in [1.54, 1.807) is 10.9 Å². The van der Waals surface area contributed by atoms with Gasteiger partial charge in [0.25, 0.3) is 0 Å². The third-order valence-electron chi connectivity index (χ3n) is 3.08. The highest BCUT2D eigenvalue weighted by Crippen LogP contribution is 2.06. The van der Waals surface area contributed by atoms with Gasteiger partial charge in [-0.15, -0.1) is 0 Å². The Kier molecular flexibility index (Phi) is 4.72. The number of hydrogen-bond acceptors (Lipinski definition) is 4. The minimum Gasteiger partial charge on any atom is -0.394 e. The van der Waals surface area contributed by atoms with Crippen molar-refractivity contribution < 1.29 is 9.90 Å². The van der Waals surface area contributed by atoms with Gasteiger partial charge in [0.1, 0.15) is 0 Å². The van der Waals surface area contributed by atoms with Crippen LogP contribution in [0.15, 0.2) is 12.4 Å². The second-order valence-electron chi connectivity index (χ2n) is 4.53. The van der Waals surface area contributed by atoms with E-state index in [1.807, 2.05) is 11.1 Å². The molecule has 1 aliphatic rings. The zero-order valence-electron chi connectivity index (χ0n) is 10.5. The molecule has 0 aliphatic carbocycles. The van der Waals surface area contributed by atoms with Crippen LogP contribution in [-0.4, -0.2) is 51.9 Å². The molecular weight excluding hydrogens is 232 g/mol. The van der Waals surface area contributed by atoms with Crippen molar-refractivity contribution in [1.29, 1.82) is 0 Å². The van der Waals surface area contributed by atoms with E-state index in [0.717, 1.165) is 31.5 Å². The third kappa shape index (κ3) is 3.54. The quantitative estimate of drug-likeness (QED) is 0.722. The van der Waals surface area contributed by atoms with Crippen LogP contribution in [0.5, 0.6) is 0 Å². The maximum absolute atomic E-state index is 11.8. The summed E-state index contributed by atoms with van der Waals surface area (Å²) in [5, 5.41) is 16.0. The van der Waals surface area contributed by atoms with Gasteiger partial charge in [-0.3, -0.25) is 9.48 Å². The lowest BCUT2D eigenvalue weighted by atomic mass is 10.3. The molecule has 0 saturated carbocycles. The summed E-state index contributed by atoms with van der Waals surface area (Å²) in [5.41, 5.74) is 1.03. The molecular formula is C12H20N4O2. The molecule has 18 heavy (non-hydrogen) atoms. The first kappa shape index (κ1) is 13.0. The number of nitrogens with zero attached hydrogens (tertiary/aromatic N) is 3. The molecule has 1 aromatic rings. The minimum atomic E-state index is 0.0853. The Labute approximate surface area is 107 Å². The predicted molar refractivity (Wildman–Crippen MR) is 66.8 cm³/mol. The molecule has 6 nitrogen and oxygen atoms in total. The van der Waals surface area contributed by atoms with Gasteiger partial charge >= 0.3 is 0 Å². The first-order valence-corrected chi connectivity index (χ1v) is 6.40. The minimum absolute atomic E-state index is 0.0853. The Morgan fingerprint density at radius 2 is 2.22 bits per heavy atom. The maximum atomic E-state index is 11.8. The van der Waals surface area contributed by atoms with Gasteiger partial charge in [0, 0.05) is 31.4 Å². The fourth-order valence-electron chi connectivity index (χ4n) is 2.11. The Bertz CT molecular complexity index is 385. The number of hydrogen-bond donors (Lipinski definition) is 2. The predicted octanol–water partition coefficient (Wildman–Crippen LogP) is -0.413. The smallest absolute Gasteiger partial charge is 0.236 e. The molecule has 1 aromatic heterocycles. The van der Waals surface area contributed by atoms with Gasteiger partial charge in [-0.1, -0.05) is 0 Å². The van der Waals surface area contributed by atoms with Crippen LogP contribution in [0.4, 0.5) is 0 Å². The van der Waals surface area contributed by atoms with Crippen molar-refractivity contribution in [2.75, 3.05) is 26.2 Å². The van der Waals surface area contributed by atoms with Crippen LogP contribution in [0.1, 0.15) is 18.4 Å². The number of likely N-dealkylation sites (tertiary alicyclic amines) is 1. The van der Waals surface area contributed by atoms with Gasteiger partial charge in [0.2, 0.25) is 5.91 Å². The molecule has 2 rings (SSSR count). The maximum Gasteiger partial charge on any atom is 0.236 e. The van der Waals surface area contributed by atoms with Crippen molar-refractivity contribution in [3.63, 3.8) is 0 Å². The van der Waals surface area contributed by atoms with Crippen molar-refractivity contribution in [3.8, 4) is 0 Å². The number of amides is 1. The molecule has 2 N–H and O–H groups in total. The summed E-state index contributed by atoms with van der Waals surface area (Å²) >= 11 is 0. The van der Waals surface area contributed by atoms with Crippen LogP contribution in [0.3, 0.4) is 0 Å². The standard InChI is InChI=1S/C12H20N4O2/c17-6-5-16-10-11(8-14-16)7-13-9-12(18)15-3-1-2-4-15/h8,10,13,17H,1-7,9H2. The second-order valence-corrected chi connectivity index (χ2v) is 4.53. The number of carbonyl (C=O) groups excluding carboxylic acids is 1. The van der Waals surface area contributed by atoms with Crippen molar-refractivity contribution in [2.24, 2.45) is 0 Å². The highest BCUT2D eigenvalue weighted by atomic mass is 16.3. The lowest BCUT2D eigenvalue weighted by molar-refractivity contribution is -0.129. The summed E-state index contributed by atoms with van der Waals surface area (Å²) in [6.07, 6.45) is 5.88. The zero-order chi connectivity index (χ0) is 12.8. The zero-order valence-corrected chi connectivity index (χ0v) is 10.5. The normalized spacial score (nSPS) is 15.3. The lowest BCUT2D eigenvalue weighted by Crippen LogP contribution is -2.35. The van der Waals surface area contributed by atoms with Gasteiger partial charge < -0.3 is 15.3 Å². The van der Waals surface area contributed by atoms with Crippen molar-refractivity contribution in [3.05, 3.63) is 18.0 Å². The summed E-state index contributed by atoms with van der Waals surface area (Å²) in [7, 11) is 0. The molecule has 100 valence electrons. The van der Waals surface area contributed by atoms with Crippen LogP contribution in [0.2, 0.25) is 0 Å². The molecule has 1 amide bonds. The van der Waals surface area contributed by atoms with Crippen LogP contribution >= 0.6 is 0 Å². The van der Waals surface area contributed by atoms with E-state index < -0.39 is 0 Å². The molecule has 6 heteroatoms. The van der Waals surface area contributed by atoms with Crippen LogP contribution in [0.25, 0.3) is 0 Å². The molecule has 0 aromatic carbocycles. The topological polar surface area (TPSA) is 70.4 Å². The molecule has 0 atom stereocenters.